The van der Waals surface area contributed by atoms with Crippen LogP contribution in [-0.2, 0) is 39.0 Å². The van der Waals surface area contributed by atoms with Crippen LogP contribution in [-0.4, -0.2) is 45.8 Å². The second kappa shape index (κ2) is 12.2. The Morgan fingerprint density at radius 3 is 2.76 bits per heavy atom. The van der Waals surface area contributed by atoms with E-state index in [1.54, 1.807) is 6.26 Å². The minimum Gasteiger partial charge on any atom is -0.468 e. The number of aromatic nitrogens is 3. The largest absolute Gasteiger partial charge is 0.468 e. The van der Waals surface area contributed by atoms with E-state index < -0.39 is 0 Å². The van der Waals surface area contributed by atoms with Crippen molar-refractivity contribution in [1.82, 2.24) is 30.3 Å². The molecule has 3 aromatic rings. The molecule has 9 heteroatoms. The van der Waals surface area contributed by atoms with Gasteiger partial charge >= 0.3 is 0 Å². The van der Waals surface area contributed by atoms with E-state index in [-0.39, 0.29) is 30.0 Å². The number of nitrogens with zero attached hydrogens (tertiary/aromatic N) is 5. The lowest BCUT2D eigenvalue weighted by Gasteiger charge is -2.25. The predicted molar refractivity (Wildman–Crippen MR) is 141 cm³/mol. The first-order valence-corrected chi connectivity index (χ1v) is 11.3. The van der Waals surface area contributed by atoms with Crippen molar-refractivity contribution >= 4 is 29.9 Å². The first-order chi connectivity index (χ1) is 15.6. The minimum absolute atomic E-state index is 0. The van der Waals surface area contributed by atoms with Gasteiger partial charge in [-0.05, 0) is 36.7 Å². The molecule has 3 heterocycles. The van der Waals surface area contributed by atoms with Gasteiger partial charge in [0.1, 0.15) is 11.6 Å². The summed E-state index contributed by atoms with van der Waals surface area (Å²) in [6, 6.07) is 12.8. The summed E-state index contributed by atoms with van der Waals surface area (Å²) < 4.78 is 7.52. The molecule has 0 spiro atoms. The fourth-order valence-corrected chi connectivity index (χ4v) is 4.09. The van der Waals surface area contributed by atoms with E-state index in [1.165, 1.54) is 11.1 Å². The summed E-state index contributed by atoms with van der Waals surface area (Å²) in [6.45, 7) is 5.25. The second-order valence-corrected chi connectivity index (χ2v) is 8.31. The van der Waals surface area contributed by atoms with E-state index in [2.05, 4.69) is 68.8 Å². The average molecular weight is 563 g/mol. The molecule has 4 rings (SSSR count). The number of guanidine groups is 1. The molecule has 1 aromatic carbocycles. The Hall–Kier alpha value is -2.40. The third-order valence-corrected chi connectivity index (χ3v) is 5.79. The van der Waals surface area contributed by atoms with E-state index in [0.29, 0.717) is 6.54 Å². The molecule has 1 aliphatic heterocycles. The van der Waals surface area contributed by atoms with E-state index in [9.17, 15) is 0 Å². The van der Waals surface area contributed by atoms with Gasteiger partial charge in [-0.25, -0.2) is 9.67 Å². The SMILES string of the molecule is CCc1nc2n(n1)CC(NC(=NC)NCc1ccccc1CN(C)Cc1ccco1)CC2.I. The second-order valence-electron chi connectivity index (χ2n) is 8.31. The van der Waals surface area contributed by atoms with Gasteiger partial charge < -0.3 is 15.1 Å². The van der Waals surface area contributed by atoms with Gasteiger partial charge in [-0.3, -0.25) is 9.89 Å². The Kier molecular flexibility index (Phi) is 9.30. The lowest BCUT2D eigenvalue weighted by molar-refractivity contribution is 0.287. The summed E-state index contributed by atoms with van der Waals surface area (Å²) in [5.74, 6) is 3.81. The van der Waals surface area contributed by atoms with Gasteiger partial charge in [-0.2, -0.15) is 5.10 Å². The standard InChI is InChI=1S/C24H33N7O.HI/c1-4-22-28-23-12-11-20(16-31(23)29-22)27-24(25-2)26-14-18-8-5-6-9-19(18)15-30(3)17-21-10-7-13-32-21;/h5-10,13,20H,4,11-12,14-17H2,1-3H3,(H2,25,26,27);1H. The molecule has 0 bridgehead atoms. The molecule has 1 aliphatic rings. The predicted octanol–water partition coefficient (Wildman–Crippen LogP) is 3.36. The van der Waals surface area contributed by atoms with Crippen LogP contribution < -0.4 is 10.6 Å². The number of fused-ring (bicyclic) bond motifs is 1. The van der Waals surface area contributed by atoms with Crippen molar-refractivity contribution in [3.8, 4) is 0 Å². The lowest BCUT2D eigenvalue weighted by Crippen LogP contribution is -2.46. The zero-order valence-electron chi connectivity index (χ0n) is 19.6. The molecule has 178 valence electrons. The van der Waals surface area contributed by atoms with E-state index in [4.69, 9.17) is 4.42 Å². The van der Waals surface area contributed by atoms with Gasteiger partial charge in [-0.15, -0.1) is 24.0 Å². The number of aliphatic imine (C=N–C) groups is 1. The summed E-state index contributed by atoms with van der Waals surface area (Å²) >= 11 is 0. The van der Waals surface area contributed by atoms with Crippen molar-refractivity contribution in [2.24, 2.45) is 4.99 Å². The molecule has 0 amide bonds. The van der Waals surface area contributed by atoms with Crippen LogP contribution in [0, 0.1) is 0 Å². The summed E-state index contributed by atoms with van der Waals surface area (Å²) in [7, 11) is 3.93. The first-order valence-electron chi connectivity index (χ1n) is 11.3. The summed E-state index contributed by atoms with van der Waals surface area (Å²) in [5.41, 5.74) is 2.55. The van der Waals surface area contributed by atoms with Gasteiger partial charge in [0.2, 0.25) is 0 Å². The monoisotopic (exact) mass is 563 g/mol. The maximum Gasteiger partial charge on any atom is 0.191 e. The lowest BCUT2D eigenvalue weighted by atomic mass is 10.1. The molecule has 8 nitrogen and oxygen atoms in total. The molecular weight excluding hydrogens is 529 g/mol. The zero-order chi connectivity index (χ0) is 22.3. The van der Waals surface area contributed by atoms with Crippen LogP contribution in [0.15, 0.2) is 52.1 Å². The van der Waals surface area contributed by atoms with Crippen molar-refractivity contribution in [3.05, 3.63) is 71.2 Å². The van der Waals surface area contributed by atoms with Crippen LogP contribution in [0.25, 0.3) is 0 Å². The number of halogens is 1. The van der Waals surface area contributed by atoms with Crippen LogP contribution in [0.1, 0.15) is 41.9 Å². The number of nitrogens with one attached hydrogen (secondary N) is 2. The summed E-state index contributed by atoms with van der Waals surface area (Å²) in [6.07, 6.45) is 4.55. The highest BCUT2D eigenvalue weighted by atomic mass is 127. The number of hydrogen-bond donors (Lipinski definition) is 2. The van der Waals surface area contributed by atoms with Crippen LogP contribution in [0.2, 0.25) is 0 Å². The molecule has 0 saturated heterocycles. The molecule has 2 aromatic heterocycles. The Labute approximate surface area is 212 Å². The number of aryl methyl sites for hydroxylation is 2. The quantitative estimate of drug-likeness (QED) is 0.249. The highest BCUT2D eigenvalue weighted by Crippen LogP contribution is 2.15. The van der Waals surface area contributed by atoms with E-state index in [0.717, 1.165) is 62.3 Å². The number of benzene rings is 1. The first kappa shape index (κ1) is 25.2. The number of rotatable bonds is 8. The van der Waals surface area contributed by atoms with Crippen molar-refractivity contribution in [2.75, 3.05) is 14.1 Å². The molecule has 1 unspecified atom stereocenters. The molecule has 0 fully saturated rings. The van der Waals surface area contributed by atoms with Crippen molar-refractivity contribution in [2.45, 2.75) is 58.4 Å². The number of hydrogen-bond acceptors (Lipinski definition) is 5. The Bertz CT molecular complexity index is 1030. The van der Waals surface area contributed by atoms with Crippen LogP contribution in [0.3, 0.4) is 0 Å². The van der Waals surface area contributed by atoms with Gasteiger partial charge in [0.15, 0.2) is 11.8 Å². The summed E-state index contributed by atoms with van der Waals surface area (Å²) in [4.78, 5) is 11.3. The van der Waals surface area contributed by atoms with Gasteiger partial charge in [0.05, 0.1) is 19.4 Å². The molecular formula is C24H34IN7O. The van der Waals surface area contributed by atoms with Gasteiger partial charge in [0.25, 0.3) is 0 Å². The normalized spacial score (nSPS) is 15.8. The van der Waals surface area contributed by atoms with E-state index >= 15 is 0 Å². The highest BCUT2D eigenvalue weighted by Gasteiger charge is 2.22. The molecule has 2 N–H and O–H groups in total. The molecule has 33 heavy (non-hydrogen) atoms. The third-order valence-electron chi connectivity index (χ3n) is 5.79. The van der Waals surface area contributed by atoms with Crippen LogP contribution in [0.4, 0.5) is 0 Å². The Balaban J connectivity index is 0.00000306. The van der Waals surface area contributed by atoms with Crippen molar-refractivity contribution in [1.29, 1.82) is 0 Å². The fourth-order valence-electron chi connectivity index (χ4n) is 4.09. The van der Waals surface area contributed by atoms with Gasteiger partial charge in [0, 0.05) is 39.0 Å². The van der Waals surface area contributed by atoms with Crippen molar-refractivity contribution in [3.63, 3.8) is 0 Å². The Morgan fingerprint density at radius 1 is 1.21 bits per heavy atom. The molecule has 0 aliphatic carbocycles. The molecule has 0 saturated carbocycles. The van der Waals surface area contributed by atoms with Crippen LogP contribution in [0.5, 0.6) is 0 Å². The average Bonchev–Trinajstić information content (AvgIpc) is 3.46. The molecule has 0 radical (unpaired) electrons. The smallest absolute Gasteiger partial charge is 0.191 e. The highest BCUT2D eigenvalue weighted by molar-refractivity contribution is 14.0. The summed E-state index contributed by atoms with van der Waals surface area (Å²) in [5, 5.41) is 11.7. The van der Waals surface area contributed by atoms with Crippen molar-refractivity contribution < 1.29 is 4.42 Å². The maximum atomic E-state index is 5.48. The Morgan fingerprint density at radius 2 is 2.03 bits per heavy atom. The fraction of sp³-hybridized carbons (Fsp3) is 0.458. The van der Waals surface area contributed by atoms with Gasteiger partial charge in [-0.1, -0.05) is 31.2 Å². The maximum absolute atomic E-state index is 5.48. The molecule has 1 atom stereocenters. The zero-order valence-corrected chi connectivity index (χ0v) is 22.0. The van der Waals surface area contributed by atoms with E-state index in [1.807, 2.05) is 23.9 Å². The third kappa shape index (κ3) is 6.80. The number of furan rings is 1. The minimum atomic E-state index is 0. The van der Waals surface area contributed by atoms with Crippen LogP contribution >= 0.6 is 24.0 Å². The topological polar surface area (TPSA) is 83.5 Å².